The second-order valence-electron chi connectivity index (χ2n) is 24.9. The quantitative estimate of drug-likeness (QED) is 0.0455. The fourth-order valence-electron chi connectivity index (χ4n) is 10.7. The average Bonchev–Trinajstić information content (AvgIpc) is 0.709. The van der Waals surface area contributed by atoms with Gasteiger partial charge in [-0.1, -0.05) is 54.6 Å². The molecule has 0 N–H and O–H groups in total. The fraction of sp³-hybridized carbons (Fsp3) is 0.508. The average molecular weight is 1500 g/mol. The Morgan fingerprint density at radius 2 is 0.516 bits per heavy atom. The number of nitrogens with zero attached hydrogens (tertiary/aromatic N) is 2. The van der Waals surface area contributed by atoms with Gasteiger partial charge in [-0.15, -0.1) is 4.91 Å². The van der Waals surface area contributed by atoms with E-state index in [1.807, 2.05) is 13.8 Å². The molecule has 0 fully saturated rings. The van der Waals surface area contributed by atoms with Gasteiger partial charge in [0.2, 0.25) is 0 Å². The van der Waals surface area contributed by atoms with Gasteiger partial charge < -0.3 is 15.3 Å². The Labute approximate surface area is 536 Å². The minimum absolute atomic E-state index is 0. The number of hydrogen-bond donors (Lipinski definition) is 0. The van der Waals surface area contributed by atoms with Gasteiger partial charge in [0.1, 0.15) is 11.7 Å². The SMILES string of the molecule is CC(C)(C)[PH+](Cc1cccc(C[PH+](C(C)(C)C)C(C)(C)C)n1)C(C)(C)C.CCOCC.FC(F)(F)c1cc([B-](c2cc(C(F)(F)F)cc(C(F)(F)F)c2)(c2cc(C(F)(F)F)cc(C(F)(F)F)c2)c2cc(C(F)(F)F)cc(C(F)(F)F)c2)cc(C(F)(F)F)c1.[N]=O.[O-][O-].[Ru+3]. The molecule has 0 unspecified atom stereocenters. The van der Waals surface area contributed by atoms with Crippen LogP contribution in [-0.2, 0) is 85.9 Å². The van der Waals surface area contributed by atoms with Crippen LogP contribution in [0.1, 0.15) is 153 Å². The van der Waals surface area contributed by atoms with Crippen LogP contribution < -0.4 is 38.0 Å². The Bertz CT molecular complexity index is 2670. The maximum absolute atomic E-state index is 14.2. The summed E-state index contributed by atoms with van der Waals surface area (Å²) in [6, 6.07) is -2.05. The second-order valence-corrected chi connectivity index (χ2v) is 33.6. The Balaban J connectivity index is 0.00000195. The van der Waals surface area contributed by atoms with E-state index in [0.29, 0.717) is 20.6 Å². The number of hydrogen-bond acceptors (Lipinski definition) is 5. The van der Waals surface area contributed by atoms with Crippen LogP contribution in [0.15, 0.2) is 91.0 Å². The second kappa shape index (κ2) is 32.2. The molecule has 0 aliphatic heterocycles. The minimum atomic E-state index is -6.13. The van der Waals surface area contributed by atoms with Gasteiger partial charge in [0.25, 0.3) is 0 Å². The van der Waals surface area contributed by atoms with Crippen molar-refractivity contribution in [3.8, 4) is 0 Å². The van der Waals surface area contributed by atoms with E-state index in [0.717, 1.165) is 13.2 Å². The largest absolute Gasteiger partial charge is 3.00 e. The molecule has 0 atom stereocenters. The Hall–Kier alpha value is -4.62. The van der Waals surface area contributed by atoms with Crippen LogP contribution in [0, 0.1) is 4.91 Å². The molecule has 2 radical (unpaired) electrons. The van der Waals surface area contributed by atoms with Crippen molar-refractivity contribution in [1.82, 2.24) is 10.6 Å². The van der Waals surface area contributed by atoms with E-state index in [1.54, 1.807) is 0 Å². The molecule has 1 aromatic heterocycles. The van der Waals surface area contributed by atoms with Gasteiger partial charge in [-0.25, -0.2) is 0 Å². The summed E-state index contributed by atoms with van der Waals surface area (Å²) in [6.07, 6.45) is -52.5. The van der Waals surface area contributed by atoms with Crippen LogP contribution in [0.2, 0.25) is 0 Å². The van der Waals surface area contributed by atoms with Crippen molar-refractivity contribution in [2.75, 3.05) is 13.2 Å². The maximum atomic E-state index is 14.2. The minimum Gasteiger partial charge on any atom is -1.00 e. The van der Waals surface area contributed by atoms with Crippen LogP contribution >= 0.6 is 15.8 Å². The standard InChI is InChI=1S/C32H12BF24.C23H43NP2.C4H10O.NO.O2.Ru/c34-25(35,36)13-1-14(26(37,38)39)6-21(5-13)33(22-7-15(27(40,41)42)2-16(8-22)28(43,44)45,23-9-17(29(46,47)48)3-18(10-23)30(49,50)51)24-11-19(31(52,53)54)4-20(12-24)32(55,56)57;1-20(2,3)25(21(4,5)6)16-18-14-13-15-19(24-18)17-26(22(7,8)9)23(10,11)12;1-3-5-4-2;2*1-2;/h1-12H;13-15H,16-17H2,1-12H3;3-4H2,1-2H3;;;/q-1;;;;-2;+3/p+2. The predicted molar refractivity (Wildman–Crippen MR) is 305 cm³/mol. The Morgan fingerprint density at radius 1 is 0.355 bits per heavy atom. The first-order valence-corrected chi connectivity index (χ1v) is 30.5. The first kappa shape index (κ1) is 88.4. The van der Waals surface area contributed by atoms with E-state index in [1.165, 1.54) is 23.7 Å². The van der Waals surface area contributed by atoms with Crippen LogP contribution in [0.4, 0.5) is 105 Å². The van der Waals surface area contributed by atoms with E-state index >= 15 is 0 Å². The number of rotatable bonds is 10. The summed E-state index contributed by atoms with van der Waals surface area (Å²) in [5.41, 5.74) is -21.8. The van der Waals surface area contributed by atoms with Crippen LogP contribution in [0.25, 0.3) is 0 Å². The molecule has 5 rings (SSSR count). The van der Waals surface area contributed by atoms with E-state index in [-0.39, 0.29) is 19.5 Å². The molecular weight excluding hydrogens is 1430 g/mol. The molecular formula is C59H67BF24N2O4P2Ru+2. The molecule has 93 heavy (non-hydrogen) atoms. The van der Waals surface area contributed by atoms with Crippen LogP contribution in [0.3, 0.4) is 0 Å². The summed E-state index contributed by atoms with van der Waals surface area (Å²) in [7, 11) is -1.17. The molecule has 0 aliphatic carbocycles. The molecule has 34 heteroatoms. The Kier molecular flexibility index (Phi) is 30.6. The Morgan fingerprint density at radius 3 is 0.634 bits per heavy atom. The van der Waals surface area contributed by atoms with E-state index in [9.17, 15) is 105 Å². The van der Waals surface area contributed by atoms with Crippen molar-refractivity contribution in [2.45, 2.75) is 179 Å². The number of pyridine rings is 1. The topological polar surface area (TPSA) is 108 Å². The summed E-state index contributed by atoms with van der Waals surface area (Å²) in [5, 5.41) is 15.5. The number of nitroso groups, excluding NO2 is 1. The van der Waals surface area contributed by atoms with E-state index in [2.05, 4.69) is 101 Å². The van der Waals surface area contributed by atoms with Crippen LogP contribution in [0.5, 0.6) is 0 Å². The third kappa shape index (κ3) is 25.1. The molecule has 0 amide bonds. The number of benzene rings is 4. The molecule has 5 aromatic rings. The van der Waals surface area contributed by atoms with Gasteiger partial charge in [0.15, 0.2) is 0 Å². The van der Waals surface area contributed by atoms with Crippen molar-refractivity contribution in [2.24, 2.45) is 0 Å². The molecule has 0 saturated heterocycles. The zero-order chi connectivity index (χ0) is 72.6. The zero-order valence-corrected chi connectivity index (χ0v) is 55.8. The van der Waals surface area contributed by atoms with Gasteiger partial charge >= 0.3 is 68.9 Å². The molecule has 0 spiro atoms. The fourth-order valence-corrected chi connectivity index (χ4v) is 18.4. The van der Waals surface area contributed by atoms with E-state index in [4.69, 9.17) is 30.7 Å². The van der Waals surface area contributed by atoms with Crippen molar-refractivity contribution >= 4 is 43.8 Å². The van der Waals surface area contributed by atoms with Crippen molar-refractivity contribution in [3.63, 3.8) is 0 Å². The predicted octanol–water partition coefficient (Wildman–Crippen LogP) is 17.1. The molecule has 524 valence electrons. The summed E-state index contributed by atoms with van der Waals surface area (Å²) in [6.45, 7) is 34.6. The van der Waals surface area contributed by atoms with Crippen molar-refractivity contribution in [1.29, 1.82) is 0 Å². The number of ether oxygens (including phenoxy) is 1. The van der Waals surface area contributed by atoms with Crippen molar-refractivity contribution < 1.29 is 140 Å². The van der Waals surface area contributed by atoms with Gasteiger partial charge in [-0.05, 0) is 133 Å². The first-order valence-electron chi connectivity index (χ1n) is 27.1. The molecule has 4 aromatic carbocycles. The summed E-state index contributed by atoms with van der Waals surface area (Å²) >= 11 is 0. The normalized spacial score (nSPS) is 13.4. The summed E-state index contributed by atoms with van der Waals surface area (Å²) in [5.74, 6) is 0. The van der Waals surface area contributed by atoms with Crippen molar-refractivity contribution in [3.05, 3.63) is 152 Å². The molecule has 6 nitrogen and oxygen atoms in total. The van der Waals surface area contributed by atoms with Gasteiger partial charge in [-0.2, -0.15) is 127 Å². The van der Waals surface area contributed by atoms with Gasteiger partial charge in [-0.3, -0.25) is 4.98 Å². The smallest absolute Gasteiger partial charge is 1.00 e. The zero-order valence-electron chi connectivity index (χ0n) is 52.0. The van der Waals surface area contributed by atoms with E-state index < -0.39 is 211 Å². The molecule has 1 heterocycles. The third-order valence-electron chi connectivity index (χ3n) is 14.0. The maximum Gasteiger partial charge on any atom is 3.00 e. The number of aromatic nitrogens is 1. The summed E-state index contributed by atoms with van der Waals surface area (Å²) < 4.78 is 346. The summed E-state index contributed by atoms with van der Waals surface area (Å²) in [4.78, 5) is 12.4. The first-order chi connectivity index (χ1) is 41.1. The molecule has 0 aliphatic rings. The van der Waals surface area contributed by atoms with Gasteiger partial charge in [0, 0.05) is 29.1 Å². The van der Waals surface area contributed by atoms with Gasteiger partial charge in [0.05, 0.1) is 88.8 Å². The molecule has 0 bridgehead atoms. The monoisotopic (exact) mass is 1500 g/mol. The number of alkyl halides is 24. The third-order valence-corrected chi connectivity index (χ3v) is 22.7. The number of halogens is 24. The molecule has 0 saturated carbocycles. The van der Waals surface area contributed by atoms with Crippen LogP contribution in [-0.4, -0.2) is 45.0 Å².